The first-order valence-electron chi connectivity index (χ1n) is 0. The van der Waals surface area contributed by atoms with Crippen LogP contribution in [0, 0.1) is 0 Å². The molecular formula is HBaCsISe. The minimum Gasteiger partial charge on any atom is -0.107 e. The van der Waals surface area contributed by atoms with Crippen LogP contribution < -0.4 is 0 Å². The van der Waals surface area contributed by atoms with Crippen molar-refractivity contribution in [3.63, 3.8) is 0 Å². The molecule has 4 heteroatoms. The summed E-state index contributed by atoms with van der Waals surface area (Å²) < 4.78 is 0. The molecule has 0 nitrogen and oxygen atoms in total. The maximum absolute atomic E-state index is 0. The van der Waals surface area contributed by atoms with Gasteiger partial charge in [0.15, 0.2) is 0 Å². The summed E-state index contributed by atoms with van der Waals surface area (Å²) >= 11 is 0. The third kappa shape index (κ3) is 9.98. The first-order valence-corrected chi connectivity index (χ1v) is 0. The molecule has 0 aliphatic heterocycles. The van der Waals surface area contributed by atoms with Crippen molar-refractivity contribution in [3.8, 4) is 0 Å². The third-order valence-electron chi connectivity index (χ3n) is 0. The molecule has 0 aliphatic carbocycles. The number of hydrogen-bond donors (Lipinski definition) is 0. The van der Waals surface area contributed by atoms with Gasteiger partial charge in [-0.25, -0.2) is 0 Å². The minimum atomic E-state index is 0. The van der Waals surface area contributed by atoms with E-state index in [0.717, 1.165) is 0 Å². The van der Waals surface area contributed by atoms with Gasteiger partial charge < -0.3 is 0 Å². The molecule has 0 fully saturated rings. The molecule has 0 heterocycles. The Morgan fingerprint density at radius 2 is 1.00 bits per heavy atom. The van der Waals surface area contributed by atoms with Crippen LogP contribution in [0.15, 0.2) is 0 Å². The molecule has 17 valence electrons. The molecule has 0 atom stereocenters. The van der Waals surface area contributed by atoms with Crippen molar-refractivity contribution < 1.29 is 0 Å². The van der Waals surface area contributed by atoms with Crippen molar-refractivity contribution in [2.24, 2.45) is 0 Å². The maximum atomic E-state index is 0. The average Bonchev–Trinajstić information content (AvgIpc) is 0. The molecule has 0 N–H and O–H groups in total. The standard InChI is InChI=1S/Ba.Cs.HI.Se/h;;1H;. The normalized spacial score (nSPS) is 0. The minimum absolute atomic E-state index is 0. The smallest absolute Gasteiger partial charge is 0 e. The van der Waals surface area contributed by atoms with E-state index in [-0.39, 0.29) is 159 Å². The second-order valence-electron chi connectivity index (χ2n) is 0. The van der Waals surface area contributed by atoms with Gasteiger partial charge >= 0.3 is 0 Å². The second-order valence-corrected chi connectivity index (χ2v) is 0. The van der Waals surface area contributed by atoms with Crippen LogP contribution in [0.3, 0.4) is 0 Å². The monoisotopic (exact) mass is 479 g/mol. The van der Waals surface area contributed by atoms with Gasteiger partial charge in [-0.3, -0.25) is 0 Å². The van der Waals surface area contributed by atoms with Crippen molar-refractivity contribution in [2.45, 2.75) is 0 Å². The van der Waals surface area contributed by atoms with Crippen molar-refractivity contribution in [2.75, 3.05) is 0 Å². The van der Waals surface area contributed by atoms with E-state index in [0.29, 0.717) is 0 Å². The summed E-state index contributed by atoms with van der Waals surface area (Å²) in [6.07, 6.45) is 0. The van der Waals surface area contributed by atoms with Crippen LogP contribution in [0.2, 0.25) is 0 Å². The Morgan fingerprint density at radius 1 is 1.00 bits per heavy atom. The average molecular weight is 477 g/mol. The molecule has 0 rings (SSSR count). The Kier molecular flexibility index (Phi) is 90.7. The van der Waals surface area contributed by atoms with Crippen molar-refractivity contribution in [1.82, 2.24) is 0 Å². The van der Waals surface area contributed by atoms with Gasteiger partial charge in [0.2, 0.25) is 0 Å². The van der Waals surface area contributed by atoms with Crippen LogP contribution >= 0.6 is 24.0 Å². The van der Waals surface area contributed by atoms with Crippen LogP contribution in [0.25, 0.3) is 0 Å². The fraction of sp³-hybridized carbons (Fsp3) is 0. The van der Waals surface area contributed by atoms with Crippen LogP contribution in [-0.2, 0) is 0 Å². The molecule has 0 amide bonds. The molecule has 0 saturated heterocycles. The van der Waals surface area contributed by atoms with E-state index in [9.17, 15) is 0 Å². The molecule has 0 unspecified atom stereocenters. The predicted molar refractivity (Wildman–Crippen MR) is 32.7 cm³/mol. The van der Waals surface area contributed by atoms with Crippen molar-refractivity contribution in [1.29, 1.82) is 0 Å². The Hall–Kier alpha value is 4.87. The van der Waals surface area contributed by atoms with Gasteiger partial charge in [-0.1, -0.05) is 0 Å². The van der Waals surface area contributed by atoms with E-state index < -0.39 is 0 Å². The zero-order valence-electron chi connectivity index (χ0n) is 2.52. The molecule has 0 aromatic carbocycles. The Morgan fingerprint density at radius 3 is 1.00 bits per heavy atom. The van der Waals surface area contributed by atoms with E-state index in [1.165, 1.54) is 0 Å². The zero-order valence-corrected chi connectivity index (χ0v) is 17.3. The fourth-order valence-corrected chi connectivity index (χ4v) is 0. The molecule has 0 spiro atoms. The summed E-state index contributed by atoms with van der Waals surface area (Å²) in [4.78, 5) is 0. The van der Waals surface area contributed by atoms with Crippen LogP contribution in [-0.4, -0.2) is 135 Å². The first kappa shape index (κ1) is 23.2. The predicted octanol–water partition coefficient (Wildman–Crippen LogP) is -0.524. The van der Waals surface area contributed by atoms with E-state index in [1.807, 2.05) is 0 Å². The zero-order chi connectivity index (χ0) is 0. The Labute approximate surface area is 153 Å². The van der Waals surface area contributed by atoms with E-state index in [1.54, 1.807) is 0 Å². The molecule has 0 bridgehead atoms. The summed E-state index contributed by atoms with van der Waals surface area (Å²) in [5, 5.41) is 0. The number of halogens is 1. The molecule has 0 aromatic heterocycles. The molecule has 0 saturated carbocycles. The Bertz CT molecular complexity index is 8.00. The summed E-state index contributed by atoms with van der Waals surface area (Å²) in [5.41, 5.74) is 0. The van der Waals surface area contributed by atoms with Gasteiger partial charge in [0.25, 0.3) is 0 Å². The van der Waals surface area contributed by atoms with Gasteiger partial charge in [-0.15, -0.1) is 24.0 Å². The maximum Gasteiger partial charge on any atom is 0 e. The van der Waals surface area contributed by atoms with Gasteiger partial charge in [0.05, 0.1) is 0 Å². The summed E-state index contributed by atoms with van der Waals surface area (Å²) in [6, 6.07) is 0. The number of hydrogen-bond acceptors (Lipinski definition) is 0. The van der Waals surface area contributed by atoms with Gasteiger partial charge in [-0.05, 0) is 0 Å². The van der Waals surface area contributed by atoms with E-state index in [4.69, 9.17) is 0 Å². The molecule has 0 aliphatic rings. The van der Waals surface area contributed by atoms with Crippen LogP contribution in [0.1, 0.15) is 0 Å². The quantitative estimate of drug-likeness (QED) is 0.326. The topological polar surface area (TPSA) is 0 Å². The van der Waals surface area contributed by atoms with E-state index in [2.05, 4.69) is 0 Å². The fourth-order valence-electron chi connectivity index (χ4n) is 0. The molecular weight excluding hydrogens is 476 g/mol. The second kappa shape index (κ2) is 15.7. The van der Waals surface area contributed by atoms with Crippen LogP contribution in [0.5, 0.6) is 0 Å². The SMILES string of the molecule is I.[Ba].[Cs].[Se]. The van der Waals surface area contributed by atoms with E-state index >= 15 is 0 Å². The van der Waals surface area contributed by atoms with Crippen molar-refractivity contribution >= 4 is 159 Å². The van der Waals surface area contributed by atoms with Gasteiger partial charge in [-0.2, -0.15) is 0 Å². The summed E-state index contributed by atoms with van der Waals surface area (Å²) in [5.74, 6) is 0. The van der Waals surface area contributed by atoms with Gasteiger partial charge in [0, 0.05) is 135 Å². The van der Waals surface area contributed by atoms with Crippen LogP contribution in [0.4, 0.5) is 0 Å². The number of rotatable bonds is 0. The Balaban J connectivity index is 0. The largest absolute Gasteiger partial charge is 0.107 e. The molecule has 5 radical (unpaired) electrons. The van der Waals surface area contributed by atoms with Crippen molar-refractivity contribution in [3.05, 3.63) is 0 Å². The first-order chi connectivity index (χ1) is 0. The summed E-state index contributed by atoms with van der Waals surface area (Å²) in [7, 11) is 0. The third-order valence-corrected chi connectivity index (χ3v) is 0. The van der Waals surface area contributed by atoms with Gasteiger partial charge in [0.1, 0.15) is 0 Å². The molecule has 0 aromatic rings. The molecule has 4 heavy (non-hydrogen) atoms. The summed E-state index contributed by atoms with van der Waals surface area (Å²) in [6.45, 7) is 0.